The van der Waals surface area contributed by atoms with E-state index in [2.05, 4.69) is 21.2 Å². The van der Waals surface area contributed by atoms with Crippen LogP contribution in [0.4, 0.5) is 5.69 Å². The van der Waals surface area contributed by atoms with Crippen LogP contribution in [-0.4, -0.2) is 8.42 Å². The molecule has 0 aliphatic heterocycles. The van der Waals surface area contributed by atoms with Gasteiger partial charge in [-0.05, 0) is 29.3 Å². The van der Waals surface area contributed by atoms with Crippen molar-refractivity contribution in [2.24, 2.45) is 5.14 Å². The SMILES string of the molecule is NS(=O)(=O)Cc1ccc(NCc2ccccc2Br)cc1. The maximum absolute atomic E-state index is 11.0. The van der Waals surface area contributed by atoms with Crippen LogP contribution in [0.5, 0.6) is 0 Å². The van der Waals surface area contributed by atoms with E-state index in [-0.39, 0.29) is 5.75 Å². The van der Waals surface area contributed by atoms with Crippen LogP contribution in [0, 0.1) is 0 Å². The van der Waals surface area contributed by atoms with Gasteiger partial charge in [0.1, 0.15) is 0 Å². The van der Waals surface area contributed by atoms with E-state index in [1.165, 1.54) is 0 Å². The number of halogens is 1. The molecule has 0 unspecified atom stereocenters. The van der Waals surface area contributed by atoms with E-state index in [1.807, 2.05) is 36.4 Å². The molecule has 0 fully saturated rings. The number of hydrogen-bond acceptors (Lipinski definition) is 3. The zero-order valence-electron chi connectivity index (χ0n) is 10.7. The van der Waals surface area contributed by atoms with Gasteiger partial charge in [-0.3, -0.25) is 0 Å². The van der Waals surface area contributed by atoms with Crippen LogP contribution in [0.1, 0.15) is 11.1 Å². The van der Waals surface area contributed by atoms with Crippen molar-refractivity contribution < 1.29 is 8.42 Å². The van der Waals surface area contributed by atoms with Gasteiger partial charge in [0, 0.05) is 16.7 Å². The van der Waals surface area contributed by atoms with Gasteiger partial charge < -0.3 is 5.32 Å². The molecule has 0 saturated carbocycles. The second-order valence-electron chi connectivity index (χ2n) is 4.45. The van der Waals surface area contributed by atoms with Crippen molar-refractivity contribution in [3.05, 3.63) is 64.1 Å². The minimum atomic E-state index is -3.48. The summed E-state index contributed by atoms with van der Waals surface area (Å²) in [6.07, 6.45) is 0. The van der Waals surface area contributed by atoms with Crippen molar-refractivity contribution >= 4 is 31.6 Å². The summed E-state index contributed by atoms with van der Waals surface area (Å²) in [7, 11) is -3.48. The van der Waals surface area contributed by atoms with Crippen molar-refractivity contribution in [1.82, 2.24) is 0 Å². The molecule has 0 atom stereocenters. The summed E-state index contributed by atoms with van der Waals surface area (Å²) in [5.41, 5.74) is 2.76. The van der Waals surface area contributed by atoms with Crippen LogP contribution in [0.2, 0.25) is 0 Å². The fourth-order valence-electron chi connectivity index (χ4n) is 1.79. The molecule has 20 heavy (non-hydrogen) atoms. The first kappa shape index (κ1) is 15.0. The average molecular weight is 355 g/mol. The first-order valence-electron chi connectivity index (χ1n) is 6.01. The van der Waals surface area contributed by atoms with E-state index in [4.69, 9.17) is 5.14 Å². The van der Waals surface area contributed by atoms with Gasteiger partial charge in [-0.2, -0.15) is 0 Å². The van der Waals surface area contributed by atoms with Gasteiger partial charge in [0.25, 0.3) is 0 Å². The van der Waals surface area contributed by atoms with Crippen LogP contribution in [-0.2, 0) is 22.3 Å². The quantitative estimate of drug-likeness (QED) is 0.866. The summed E-state index contributed by atoms with van der Waals surface area (Å²) in [6, 6.07) is 15.2. The zero-order chi connectivity index (χ0) is 14.6. The molecule has 0 spiro atoms. The predicted octanol–water partition coefficient (Wildman–Crippen LogP) is 2.85. The molecule has 0 radical (unpaired) electrons. The molecule has 0 aliphatic carbocycles. The third-order valence-corrected chi connectivity index (χ3v) is 4.27. The molecule has 2 rings (SSSR count). The van der Waals surface area contributed by atoms with Crippen LogP contribution < -0.4 is 10.5 Å². The lowest BCUT2D eigenvalue weighted by Crippen LogP contribution is -2.14. The third-order valence-electron chi connectivity index (χ3n) is 2.76. The number of primary sulfonamides is 1. The van der Waals surface area contributed by atoms with Gasteiger partial charge in [-0.1, -0.05) is 46.3 Å². The summed E-state index contributed by atoms with van der Waals surface area (Å²) in [5, 5.41) is 8.29. The lowest BCUT2D eigenvalue weighted by atomic mass is 10.2. The Bertz CT molecular complexity index is 685. The van der Waals surface area contributed by atoms with Gasteiger partial charge >= 0.3 is 0 Å². The van der Waals surface area contributed by atoms with Crippen LogP contribution in [0.15, 0.2) is 53.0 Å². The smallest absolute Gasteiger partial charge is 0.213 e. The molecule has 0 aliphatic rings. The molecule has 2 aromatic carbocycles. The fraction of sp³-hybridized carbons (Fsp3) is 0.143. The number of sulfonamides is 1. The molecular formula is C14H15BrN2O2S. The van der Waals surface area contributed by atoms with E-state index in [0.717, 1.165) is 15.7 Å². The standard InChI is InChI=1S/C14H15BrN2O2S/c15-14-4-2-1-3-12(14)9-17-13-7-5-11(6-8-13)10-20(16,18)19/h1-8,17H,9-10H2,(H2,16,18,19). The summed E-state index contributed by atoms with van der Waals surface area (Å²) in [4.78, 5) is 0. The number of rotatable bonds is 5. The summed E-state index contributed by atoms with van der Waals surface area (Å²) >= 11 is 3.49. The Morgan fingerprint density at radius 1 is 1.05 bits per heavy atom. The van der Waals surface area contributed by atoms with E-state index >= 15 is 0 Å². The van der Waals surface area contributed by atoms with Crippen molar-refractivity contribution in [1.29, 1.82) is 0 Å². The highest BCUT2D eigenvalue weighted by molar-refractivity contribution is 9.10. The van der Waals surface area contributed by atoms with Crippen LogP contribution in [0.25, 0.3) is 0 Å². The van der Waals surface area contributed by atoms with Crippen molar-refractivity contribution in [2.45, 2.75) is 12.3 Å². The number of nitrogens with two attached hydrogens (primary N) is 1. The Morgan fingerprint density at radius 3 is 2.30 bits per heavy atom. The largest absolute Gasteiger partial charge is 0.381 e. The van der Waals surface area contributed by atoms with E-state index in [1.54, 1.807) is 12.1 Å². The molecular weight excluding hydrogens is 340 g/mol. The van der Waals surface area contributed by atoms with E-state index in [0.29, 0.717) is 12.1 Å². The first-order valence-corrected chi connectivity index (χ1v) is 8.51. The Balaban J connectivity index is 1.99. The Kier molecular flexibility index (Phi) is 4.80. The van der Waals surface area contributed by atoms with Crippen LogP contribution in [0.3, 0.4) is 0 Å². The highest BCUT2D eigenvalue weighted by atomic mass is 79.9. The second kappa shape index (κ2) is 6.39. The van der Waals surface area contributed by atoms with Gasteiger partial charge in [-0.15, -0.1) is 0 Å². The van der Waals surface area contributed by atoms with Gasteiger partial charge in [0.05, 0.1) is 5.75 Å². The number of anilines is 1. The summed E-state index contributed by atoms with van der Waals surface area (Å²) in [6.45, 7) is 0.690. The lowest BCUT2D eigenvalue weighted by Gasteiger charge is -2.09. The molecule has 6 heteroatoms. The minimum Gasteiger partial charge on any atom is -0.381 e. The monoisotopic (exact) mass is 354 g/mol. The van der Waals surface area contributed by atoms with Gasteiger partial charge in [0.15, 0.2) is 0 Å². The predicted molar refractivity (Wildman–Crippen MR) is 84.7 cm³/mol. The molecule has 0 saturated heterocycles. The zero-order valence-corrected chi connectivity index (χ0v) is 13.1. The normalized spacial score (nSPS) is 11.3. The molecule has 0 heterocycles. The van der Waals surface area contributed by atoms with Crippen molar-refractivity contribution in [3.63, 3.8) is 0 Å². The van der Waals surface area contributed by atoms with Crippen molar-refractivity contribution in [2.75, 3.05) is 5.32 Å². The lowest BCUT2D eigenvalue weighted by molar-refractivity contribution is 0.597. The Morgan fingerprint density at radius 2 is 1.70 bits per heavy atom. The molecule has 2 aromatic rings. The van der Waals surface area contributed by atoms with Gasteiger partial charge in [0.2, 0.25) is 10.0 Å². The van der Waals surface area contributed by atoms with Crippen LogP contribution >= 0.6 is 15.9 Å². The first-order chi connectivity index (χ1) is 9.44. The molecule has 0 bridgehead atoms. The number of hydrogen-bond donors (Lipinski definition) is 2. The fourth-order valence-corrected chi connectivity index (χ4v) is 2.87. The summed E-state index contributed by atoms with van der Waals surface area (Å²) < 4.78 is 23.0. The second-order valence-corrected chi connectivity index (χ2v) is 6.92. The number of nitrogens with one attached hydrogen (secondary N) is 1. The number of benzene rings is 2. The Hall–Kier alpha value is -1.37. The third kappa shape index (κ3) is 4.63. The molecule has 3 N–H and O–H groups in total. The summed E-state index contributed by atoms with van der Waals surface area (Å²) in [5.74, 6) is -0.141. The molecule has 0 amide bonds. The topological polar surface area (TPSA) is 72.2 Å². The minimum absolute atomic E-state index is 0.141. The van der Waals surface area contributed by atoms with E-state index < -0.39 is 10.0 Å². The maximum atomic E-state index is 11.0. The highest BCUT2D eigenvalue weighted by Gasteiger charge is 2.04. The van der Waals surface area contributed by atoms with E-state index in [9.17, 15) is 8.42 Å². The van der Waals surface area contributed by atoms with Crippen molar-refractivity contribution in [3.8, 4) is 0 Å². The Labute approximate surface area is 127 Å². The molecule has 0 aromatic heterocycles. The maximum Gasteiger partial charge on any atom is 0.213 e. The average Bonchev–Trinajstić information content (AvgIpc) is 2.38. The highest BCUT2D eigenvalue weighted by Crippen LogP contribution is 2.18. The van der Waals surface area contributed by atoms with Gasteiger partial charge in [-0.25, -0.2) is 13.6 Å². The molecule has 106 valence electrons. The molecule has 4 nitrogen and oxygen atoms in total.